The van der Waals surface area contributed by atoms with Crippen molar-refractivity contribution in [2.24, 2.45) is 4.99 Å². The summed E-state index contributed by atoms with van der Waals surface area (Å²) >= 11 is 12.5. The SMILES string of the molecule is CC(=O)NC1c2ccccc2[C@]2(c3ccc(Cl)c(Cl)c3)N=C(C)N(C(C)=O)[C@H]12. The van der Waals surface area contributed by atoms with E-state index < -0.39 is 17.6 Å². The molecular formula is C21H19Cl2N3O2. The second-order valence-corrected chi connectivity index (χ2v) is 7.97. The van der Waals surface area contributed by atoms with E-state index in [4.69, 9.17) is 28.2 Å². The van der Waals surface area contributed by atoms with Gasteiger partial charge >= 0.3 is 0 Å². The number of fused-ring (bicyclic) bond motifs is 3. The molecule has 1 unspecified atom stereocenters. The summed E-state index contributed by atoms with van der Waals surface area (Å²) in [6.45, 7) is 4.80. The van der Waals surface area contributed by atoms with Gasteiger partial charge in [0.1, 0.15) is 11.4 Å². The number of amidine groups is 1. The number of rotatable bonds is 2. The number of aliphatic imine (C=N–C) groups is 1. The van der Waals surface area contributed by atoms with Crippen LogP contribution in [0, 0.1) is 0 Å². The number of halogens is 2. The first kappa shape index (κ1) is 19.0. The normalized spacial score (nSPS) is 25.2. The van der Waals surface area contributed by atoms with Crippen LogP contribution in [0.2, 0.25) is 10.0 Å². The molecule has 5 nitrogen and oxygen atoms in total. The molecule has 1 N–H and O–H groups in total. The molecule has 0 spiro atoms. The molecule has 28 heavy (non-hydrogen) atoms. The highest BCUT2D eigenvalue weighted by molar-refractivity contribution is 6.42. The van der Waals surface area contributed by atoms with Crippen molar-refractivity contribution in [3.63, 3.8) is 0 Å². The van der Waals surface area contributed by atoms with E-state index in [-0.39, 0.29) is 11.8 Å². The van der Waals surface area contributed by atoms with Crippen LogP contribution in [0.4, 0.5) is 0 Å². The first-order chi connectivity index (χ1) is 13.3. The summed E-state index contributed by atoms with van der Waals surface area (Å²) < 4.78 is 0. The van der Waals surface area contributed by atoms with Crippen LogP contribution in [0.5, 0.6) is 0 Å². The van der Waals surface area contributed by atoms with E-state index in [1.165, 1.54) is 13.8 Å². The first-order valence-electron chi connectivity index (χ1n) is 8.95. The molecule has 2 aliphatic rings. The molecule has 7 heteroatoms. The smallest absolute Gasteiger partial charge is 0.225 e. The largest absolute Gasteiger partial charge is 0.347 e. The molecule has 1 aliphatic heterocycles. The molecule has 3 atom stereocenters. The lowest BCUT2D eigenvalue weighted by molar-refractivity contribution is -0.128. The predicted octanol–water partition coefficient (Wildman–Crippen LogP) is 4.08. The topological polar surface area (TPSA) is 61.8 Å². The number of amides is 2. The predicted molar refractivity (Wildman–Crippen MR) is 110 cm³/mol. The minimum absolute atomic E-state index is 0.128. The first-order valence-corrected chi connectivity index (χ1v) is 9.71. The Bertz CT molecular complexity index is 1040. The van der Waals surface area contributed by atoms with Crippen molar-refractivity contribution in [2.75, 3.05) is 0 Å². The monoisotopic (exact) mass is 415 g/mol. The molecule has 4 rings (SSSR count). The molecular weight excluding hydrogens is 397 g/mol. The minimum Gasteiger partial charge on any atom is -0.347 e. The third-order valence-electron chi connectivity index (χ3n) is 5.47. The number of nitrogens with zero attached hydrogens (tertiary/aromatic N) is 2. The molecule has 1 aliphatic carbocycles. The second-order valence-electron chi connectivity index (χ2n) is 7.15. The molecule has 2 aromatic rings. The third-order valence-corrected chi connectivity index (χ3v) is 6.21. The van der Waals surface area contributed by atoms with E-state index >= 15 is 0 Å². The Morgan fingerprint density at radius 1 is 1.11 bits per heavy atom. The molecule has 0 bridgehead atoms. The fraction of sp³-hybridized carbons (Fsp3) is 0.286. The number of hydrogen-bond donors (Lipinski definition) is 1. The van der Waals surface area contributed by atoms with E-state index in [1.807, 2.05) is 37.3 Å². The highest BCUT2D eigenvalue weighted by Gasteiger charge is 2.60. The van der Waals surface area contributed by atoms with Gasteiger partial charge < -0.3 is 5.32 Å². The summed E-state index contributed by atoms with van der Waals surface area (Å²) in [5, 5.41) is 3.90. The Balaban J connectivity index is 2.04. The van der Waals surface area contributed by atoms with Gasteiger partial charge in [-0.15, -0.1) is 0 Å². The van der Waals surface area contributed by atoms with Gasteiger partial charge in [-0.3, -0.25) is 19.5 Å². The molecule has 2 amide bonds. The van der Waals surface area contributed by atoms with Crippen LogP contribution < -0.4 is 5.32 Å². The zero-order valence-electron chi connectivity index (χ0n) is 15.7. The summed E-state index contributed by atoms with van der Waals surface area (Å²) in [4.78, 5) is 31.2. The number of hydrogen-bond acceptors (Lipinski definition) is 3. The van der Waals surface area contributed by atoms with Gasteiger partial charge in [0.15, 0.2) is 0 Å². The summed E-state index contributed by atoms with van der Waals surface area (Å²) in [6.07, 6.45) is 0. The molecule has 144 valence electrons. The van der Waals surface area contributed by atoms with E-state index in [1.54, 1.807) is 17.0 Å². The van der Waals surface area contributed by atoms with Crippen molar-refractivity contribution in [2.45, 2.75) is 38.4 Å². The maximum absolute atomic E-state index is 12.6. The van der Waals surface area contributed by atoms with Crippen LogP contribution in [0.15, 0.2) is 47.5 Å². The Morgan fingerprint density at radius 2 is 1.82 bits per heavy atom. The van der Waals surface area contributed by atoms with Gasteiger partial charge in [-0.1, -0.05) is 53.5 Å². The third kappa shape index (κ3) is 2.57. The standard InChI is InChI=1S/C21H19Cl2N3O2/c1-11-25-21(14-8-9-17(22)18(23)10-14)16-7-5-4-6-15(16)19(24-12(2)27)20(21)26(11)13(3)28/h4-10,19-20H,1-3H3,(H,24,27)/t19?,20-,21+/m1/s1. The van der Waals surface area contributed by atoms with Crippen molar-refractivity contribution in [3.8, 4) is 0 Å². The number of carbonyl (C=O) groups is 2. The molecule has 0 saturated heterocycles. The quantitative estimate of drug-likeness (QED) is 0.802. The number of nitrogens with one attached hydrogen (secondary N) is 1. The van der Waals surface area contributed by atoms with Crippen LogP contribution in [0.1, 0.15) is 43.5 Å². The zero-order chi connectivity index (χ0) is 20.2. The average molecular weight is 416 g/mol. The van der Waals surface area contributed by atoms with Crippen LogP contribution in [0.25, 0.3) is 0 Å². The van der Waals surface area contributed by atoms with Gasteiger partial charge in [0, 0.05) is 13.8 Å². The molecule has 0 radical (unpaired) electrons. The summed E-state index contributed by atoms with van der Waals surface area (Å²) in [5.41, 5.74) is 1.85. The van der Waals surface area contributed by atoms with E-state index in [0.717, 1.165) is 16.7 Å². The number of carbonyl (C=O) groups excluding carboxylic acids is 2. The lowest BCUT2D eigenvalue weighted by Gasteiger charge is -2.35. The molecule has 0 saturated carbocycles. The van der Waals surface area contributed by atoms with Gasteiger partial charge in [-0.05, 0) is 35.7 Å². The molecule has 1 heterocycles. The second kappa shape index (κ2) is 6.61. The van der Waals surface area contributed by atoms with Crippen LogP contribution in [-0.4, -0.2) is 28.6 Å². The maximum atomic E-state index is 12.6. The van der Waals surface area contributed by atoms with Crippen LogP contribution >= 0.6 is 23.2 Å². The van der Waals surface area contributed by atoms with Crippen molar-refractivity contribution in [1.82, 2.24) is 10.2 Å². The highest BCUT2D eigenvalue weighted by Crippen LogP contribution is 2.55. The molecule has 2 aromatic carbocycles. The van der Waals surface area contributed by atoms with Gasteiger partial charge in [-0.25, -0.2) is 0 Å². The Kier molecular flexibility index (Phi) is 4.47. The fourth-order valence-corrected chi connectivity index (χ4v) is 4.88. The van der Waals surface area contributed by atoms with Gasteiger partial charge in [0.05, 0.1) is 22.1 Å². The maximum Gasteiger partial charge on any atom is 0.225 e. The number of benzene rings is 2. The lowest BCUT2D eigenvalue weighted by atomic mass is 9.81. The Hall–Kier alpha value is -2.37. The van der Waals surface area contributed by atoms with Crippen molar-refractivity contribution >= 4 is 40.9 Å². The van der Waals surface area contributed by atoms with Gasteiger partial charge in [0.25, 0.3) is 0 Å². The highest BCUT2D eigenvalue weighted by atomic mass is 35.5. The van der Waals surface area contributed by atoms with E-state index in [2.05, 4.69) is 5.32 Å². The zero-order valence-corrected chi connectivity index (χ0v) is 17.2. The van der Waals surface area contributed by atoms with Crippen LogP contribution in [0.3, 0.4) is 0 Å². The lowest BCUT2D eigenvalue weighted by Crippen LogP contribution is -2.51. The van der Waals surface area contributed by atoms with Crippen molar-refractivity contribution in [1.29, 1.82) is 0 Å². The van der Waals surface area contributed by atoms with Gasteiger partial charge in [-0.2, -0.15) is 0 Å². The molecule has 0 fully saturated rings. The van der Waals surface area contributed by atoms with Crippen molar-refractivity contribution < 1.29 is 9.59 Å². The summed E-state index contributed by atoms with van der Waals surface area (Å²) in [7, 11) is 0. The average Bonchev–Trinajstić information content (AvgIpc) is 3.08. The minimum atomic E-state index is -0.867. The van der Waals surface area contributed by atoms with Crippen molar-refractivity contribution in [3.05, 3.63) is 69.2 Å². The molecule has 0 aromatic heterocycles. The fourth-order valence-electron chi connectivity index (χ4n) is 4.58. The summed E-state index contributed by atoms with van der Waals surface area (Å²) in [6, 6.07) is 12.4. The van der Waals surface area contributed by atoms with E-state index in [0.29, 0.717) is 15.9 Å². The van der Waals surface area contributed by atoms with E-state index in [9.17, 15) is 9.59 Å². The van der Waals surface area contributed by atoms with Crippen LogP contribution in [-0.2, 0) is 15.1 Å². The Labute approximate surface area is 173 Å². The Morgan fingerprint density at radius 3 is 2.46 bits per heavy atom. The summed E-state index contributed by atoms with van der Waals surface area (Å²) in [5.74, 6) is 0.308. The van der Waals surface area contributed by atoms with Gasteiger partial charge in [0.2, 0.25) is 11.8 Å².